The van der Waals surface area contributed by atoms with E-state index in [-0.39, 0.29) is 18.7 Å². The summed E-state index contributed by atoms with van der Waals surface area (Å²) < 4.78 is 42.2. The second-order valence-electron chi connectivity index (χ2n) is 8.27. The number of hydrogen-bond donors (Lipinski definition) is 1. The Kier molecular flexibility index (Phi) is 8.26. The summed E-state index contributed by atoms with van der Waals surface area (Å²) in [5.74, 6) is -0.803. The lowest BCUT2D eigenvalue weighted by Gasteiger charge is -2.28. The van der Waals surface area contributed by atoms with Crippen molar-refractivity contribution in [2.24, 2.45) is 0 Å². The average Bonchev–Trinajstić information content (AvgIpc) is 3.48. The van der Waals surface area contributed by atoms with Crippen molar-refractivity contribution in [2.45, 2.75) is 50.6 Å². The number of nitrogens with two attached hydrogens (primary N) is 1. The molecule has 0 aliphatic carbocycles. The molecule has 0 radical (unpaired) electrons. The molecule has 3 aromatic rings. The standard InChI is InChI=1S/C24H26N5O8P/c1-3-18(30)34-21-20(16-10-11-17-23(26)27-14-28-29(16)17)36-24(12-25,22(21)35-19(31)4-2)13-33-38(32)37-15-8-6-5-7-9-15/h5-11,14,20-22,38H,3-4,13H2,1-2H3,(H2,26,27,28)/t20-,21-,22-,24+/m0/s1. The van der Waals surface area contributed by atoms with E-state index in [1.54, 1.807) is 56.3 Å². The van der Waals surface area contributed by atoms with E-state index in [2.05, 4.69) is 10.1 Å². The van der Waals surface area contributed by atoms with E-state index < -0.39 is 50.7 Å². The van der Waals surface area contributed by atoms with Crippen LogP contribution in [0.15, 0.2) is 48.8 Å². The van der Waals surface area contributed by atoms with Crippen LogP contribution in [-0.2, 0) is 32.9 Å². The minimum absolute atomic E-state index is 0.0103. The van der Waals surface area contributed by atoms with Gasteiger partial charge in [-0.05, 0) is 24.3 Å². The Balaban J connectivity index is 1.71. The van der Waals surface area contributed by atoms with Gasteiger partial charge >= 0.3 is 20.2 Å². The molecule has 4 rings (SSSR count). The SMILES string of the molecule is CCC(=O)O[C@H]1[C@H](c2ccc3c(N)ncnn23)O[C@](C#N)(CO[PH](=O)Oc2ccccc2)[C@H]1OC(=O)CC. The van der Waals surface area contributed by atoms with Crippen molar-refractivity contribution in [3.63, 3.8) is 0 Å². The largest absolute Gasteiger partial charge is 0.455 e. The van der Waals surface area contributed by atoms with Crippen molar-refractivity contribution in [3.05, 3.63) is 54.5 Å². The van der Waals surface area contributed by atoms with Gasteiger partial charge in [-0.15, -0.1) is 0 Å². The molecule has 14 heteroatoms. The Labute approximate surface area is 218 Å². The number of fused-ring (bicyclic) bond motifs is 1. The molecule has 1 aliphatic heterocycles. The summed E-state index contributed by atoms with van der Waals surface area (Å²) in [6.07, 6.45) is -2.63. The molecule has 1 aromatic carbocycles. The lowest BCUT2D eigenvalue weighted by Crippen LogP contribution is -2.49. The highest BCUT2D eigenvalue weighted by Crippen LogP contribution is 2.45. The van der Waals surface area contributed by atoms with Crippen LogP contribution in [0.4, 0.5) is 5.82 Å². The van der Waals surface area contributed by atoms with Crippen molar-refractivity contribution in [3.8, 4) is 11.8 Å². The number of anilines is 1. The minimum Gasteiger partial charge on any atom is -0.455 e. The Morgan fingerprint density at radius 3 is 2.55 bits per heavy atom. The first-order valence-electron chi connectivity index (χ1n) is 11.8. The third-order valence-electron chi connectivity index (χ3n) is 5.84. The molecular weight excluding hydrogens is 517 g/mol. The van der Waals surface area contributed by atoms with E-state index in [1.807, 2.05) is 6.07 Å². The van der Waals surface area contributed by atoms with Crippen LogP contribution in [0.2, 0.25) is 0 Å². The Morgan fingerprint density at radius 2 is 1.87 bits per heavy atom. The van der Waals surface area contributed by atoms with Gasteiger partial charge in [-0.1, -0.05) is 32.0 Å². The zero-order valence-corrected chi connectivity index (χ0v) is 21.6. The summed E-state index contributed by atoms with van der Waals surface area (Å²) in [6.45, 7) is 2.54. The fraction of sp³-hybridized carbons (Fsp3) is 0.375. The third kappa shape index (κ3) is 5.47. The first kappa shape index (κ1) is 27.1. The van der Waals surface area contributed by atoms with Crippen LogP contribution in [0.25, 0.3) is 5.52 Å². The number of hydrogen-bond acceptors (Lipinski definition) is 12. The van der Waals surface area contributed by atoms with Gasteiger partial charge in [0.15, 0.2) is 18.0 Å². The molecule has 38 heavy (non-hydrogen) atoms. The number of ether oxygens (including phenoxy) is 3. The smallest absolute Gasteiger partial charge is 0.367 e. The van der Waals surface area contributed by atoms with Gasteiger partial charge in [0, 0.05) is 12.8 Å². The number of para-hydroxylation sites is 1. The van der Waals surface area contributed by atoms with Gasteiger partial charge in [0.1, 0.15) is 36.4 Å². The summed E-state index contributed by atoms with van der Waals surface area (Å²) in [5, 5.41) is 14.5. The number of nitrogen functional groups attached to an aromatic ring is 1. The highest BCUT2D eigenvalue weighted by atomic mass is 31.1. The van der Waals surface area contributed by atoms with E-state index in [4.69, 9.17) is 29.0 Å². The van der Waals surface area contributed by atoms with Gasteiger partial charge in [-0.25, -0.2) is 14.1 Å². The molecule has 200 valence electrons. The zero-order chi connectivity index (χ0) is 27.3. The van der Waals surface area contributed by atoms with Crippen LogP contribution in [0.5, 0.6) is 5.75 Å². The molecular formula is C24H26N5O8P. The maximum atomic E-state index is 12.6. The van der Waals surface area contributed by atoms with Crippen LogP contribution >= 0.6 is 8.25 Å². The van der Waals surface area contributed by atoms with Crippen LogP contribution in [0.3, 0.4) is 0 Å². The highest BCUT2D eigenvalue weighted by Gasteiger charge is 2.61. The first-order chi connectivity index (χ1) is 18.3. The summed E-state index contributed by atoms with van der Waals surface area (Å²) in [7, 11) is -3.16. The molecule has 13 nitrogen and oxygen atoms in total. The number of nitriles is 1. The van der Waals surface area contributed by atoms with Crippen molar-refractivity contribution < 1.29 is 37.4 Å². The first-order valence-corrected chi connectivity index (χ1v) is 13.0. The molecule has 0 bridgehead atoms. The molecule has 2 N–H and O–H groups in total. The number of rotatable bonds is 10. The van der Waals surface area contributed by atoms with Gasteiger partial charge in [0.05, 0.1) is 5.69 Å². The van der Waals surface area contributed by atoms with E-state index in [0.29, 0.717) is 17.0 Å². The monoisotopic (exact) mass is 543 g/mol. The third-order valence-corrected chi connectivity index (χ3v) is 6.62. The lowest BCUT2D eigenvalue weighted by molar-refractivity contribution is -0.169. The number of esters is 2. The maximum Gasteiger partial charge on any atom is 0.367 e. The maximum absolute atomic E-state index is 12.6. The Bertz CT molecular complexity index is 1380. The van der Waals surface area contributed by atoms with Crippen LogP contribution in [0, 0.1) is 11.3 Å². The van der Waals surface area contributed by atoms with E-state index >= 15 is 0 Å². The van der Waals surface area contributed by atoms with E-state index in [9.17, 15) is 19.4 Å². The molecule has 1 unspecified atom stereocenters. The molecule has 0 amide bonds. The normalized spacial score (nSPS) is 23.4. The molecule has 0 spiro atoms. The Morgan fingerprint density at radius 1 is 1.16 bits per heavy atom. The fourth-order valence-corrected chi connectivity index (χ4v) is 4.69. The van der Waals surface area contributed by atoms with E-state index in [1.165, 1.54) is 10.8 Å². The molecule has 1 aliphatic rings. The van der Waals surface area contributed by atoms with Crippen LogP contribution < -0.4 is 10.3 Å². The molecule has 0 saturated carbocycles. The van der Waals surface area contributed by atoms with Crippen molar-refractivity contribution in [2.75, 3.05) is 12.3 Å². The quantitative estimate of drug-likeness (QED) is 0.292. The fourth-order valence-electron chi connectivity index (χ4n) is 3.97. The topological polar surface area (TPSA) is 177 Å². The second-order valence-corrected chi connectivity index (χ2v) is 9.26. The molecule has 2 aromatic heterocycles. The molecule has 1 saturated heterocycles. The average molecular weight is 543 g/mol. The number of carbonyl (C=O) groups is 2. The summed E-state index contributed by atoms with van der Waals surface area (Å²) >= 11 is 0. The number of benzene rings is 1. The van der Waals surface area contributed by atoms with E-state index in [0.717, 1.165) is 0 Å². The van der Waals surface area contributed by atoms with Gasteiger partial charge in [0.2, 0.25) is 5.60 Å². The number of aromatic nitrogens is 3. The second kappa shape index (κ2) is 11.6. The van der Waals surface area contributed by atoms with Gasteiger partial charge in [-0.3, -0.25) is 14.1 Å². The molecule has 3 heterocycles. The number of nitrogens with zero attached hydrogens (tertiary/aromatic N) is 4. The van der Waals surface area contributed by atoms with Gasteiger partial charge in [0.25, 0.3) is 0 Å². The lowest BCUT2D eigenvalue weighted by atomic mass is 9.95. The van der Waals surface area contributed by atoms with Crippen LogP contribution in [0.1, 0.15) is 38.5 Å². The molecule has 5 atom stereocenters. The zero-order valence-electron chi connectivity index (χ0n) is 20.6. The van der Waals surface area contributed by atoms with Gasteiger partial charge < -0.3 is 24.5 Å². The summed E-state index contributed by atoms with van der Waals surface area (Å²) in [6, 6.07) is 13.6. The predicted octanol–water partition coefficient (Wildman–Crippen LogP) is 2.77. The summed E-state index contributed by atoms with van der Waals surface area (Å²) in [4.78, 5) is 28.8. The highest BCUT2D eigenvalue weighted by molar-refractivity contribution is 7.33. The van der Waals surface area contributed by atoms with Gasteiger partial charge in [-0.2, -0.15) is 10.4 Å². The van der Waals surface area contributed by atoms with Crippen LogP contribution in [-0.4, -0.2) is 51.0 Å². The number of carbonyl (C=O) groups excluding carboxylic acids is 2. The molecule has 1 fully saturated rings. The predicted molar refractivity (Wildman–Crippen MR) is 132 cm³/mol. The van der Waals surface area contributed by atoms with Crippen molar-refractivity contribution >= 4 is 31.5 Å². The minimum atomic E-state index is -3.16. The van der Waals surface area contributed by atoms with Crippen molar-refractivity contribution in [1.29, 1.82) is 5.26 Å². The summed E-state index contributed by atoms with van der Waals surface area (Å²) in [5.41, 5.74) is 4.74. The Hall–Kier alpha value is -3.98. The van der Waals surface area contributed by atoms with Crippen molar-refractivity contribution in [1.82, 2.24) is 14.6 Å².